The zero-order valence-corrected chi connectivity index (χ0v) is 14.3. The first kappa shape index (κ1) is 17.5. The zero-order valence-electron chi connectivity index (χ0n) is 14.3. The minimum atomic E-state index is -0.731. The van der Waals surface area contributed by atoms with Crippen molar-refractivity contribution >= 4 is 11.8 Å². The van der Waals surface area contributed by atoms with Gasteiger partial charge in [0.25, 0.3) is 0 Å². The first-order valence-electron chi connectivity index (χ1n) is 8.08. The van der Waals surface area contributed by atoms with E-state index in [1.54, 1.807) is 17.8 Å². The van der Waals surface area contributed by atoms with Gasteiger partial charge in [0.05, 0.1) is 0 Å². The molecule has 1 atom stereocenters. The largest absolute Gasteiger partial charge is 0.350 e. The van der Waals surface area contributed by atoms with Crippen molar-refractivity contribution in [3.05, 3.63) is 18.5 Å². The van der Waals surface area contributed by atoms with E-state index in [0.717, 1.165) is 13.1 Å². The predicted molar refractivity (Wildman–Crippen MR) is 87.8 cm³/mol. The molecule has 1 aromatic rings. The van der Waals surface area contributed by atoms with Crippen LogP contribution in [0.4, 0.5) is 0 Å². The normalized spacial score (nSPS) is 19.0. The van der Waals surface area contributed by atoms with Gasteiger partial charge < -0.3 is 16.0 Å². The number of nitrogens with one attached hydrogen (secondary N) is 3. The van der Waals surface area contributed by atoms with Crippen molar-refractivity contribution in [1.29, 1.82) is 0 Å². The Balaban J connectivity index is 2.11. The fourth-order valence-electron chi connectivity index (χ4n) is 2.80. The van der Waals surface area contributed by atoms with Gasteiger partial charge in [-0.05, 0) is 59.7 Å². The second-order valence-corrected chi connectivity index (χ2v) is 7.17. The molecule has 7 nitrogen and oxygen atoms in total. The van der Waals surface area contributed by atoms with E-state index in [1.807, 2.05) is 33.0 Å². The number of hydrogen-bond acceptors (Lipinski definition) is 4. The molecule has 0 aromatic carbocycles. The Kier molecular flexibility index (Phi) is 5.09. The van der Waals surface area contributed by atoms with E-state index in [2.05, 4.69) is 21.0 Å². The molecule has 1 fully saturated rings. The first-order valence-corrected chi connectivity index (χ1v) is 8.08. The Morgan fingerprint density at radius 1 is 1.30 bits per heavy atom. The van der Waals surface area contributed by atoms with Crippen molar-refractivity contribution in [2.75, 3.05) is 13.1 Å². The highest BCUT2D eigenvalue weighted by Gasteiger charge is 2.42. The maximum absolute atomic E-state index is 12.9. The number of aromatic nitrogens is 2. The smallest absolute Gasteiger partial charge is 0.248 e. The van der Waals surface area contributed by atoms with Crippen molar-refractivity contribution in [2.45, 2.75) is 57.7 Å². The van der Waals surface area contributed by atoms with Gasteiger partial charge >= 0.3 is 0 Å². The lowest BCUT2D eigenvalue weighted by Gasteiger charge is -2.37. The molecular weight excluding hydrogens is 294 g/mol. The fraction of sp³-hybridized carbons (Fsp3) is 0.688. The molecule has 1 aliphatic rings. The van der Waals surface area contributed by atoms with Gasteiger partial charge in [0.2, 0.25) is 11.8 Å². The van der Waals surface area contributed by atoms with Crippen molar-refractivity contribution in [2.24, 2.45) is 0 Å². The quantitative estimate of drug-likeness (QED) is 0.748. The van der Waals surface area contributed by atoms with E-state index in [9.17, 15) is 9.59 Å². The van der Waals surface area contributed by atoms with Crippen LogP contribution < -0.4 is 16.0 Å². The molecule has 1 saturated heterocycles. The molecule has 0 radical (unpaired) electrons. The number of hydrogen-bond donors (Lipinski definition) is 3. The summed E-state index contributed by atoms with van der Waals surface area (Å²) in [6, 6.07) is 1.22. The number of nitrogens with zero attached hydrogens (tertiary/aromatic N) is 2. The number of rotatable bonds is 4. The molecule has 2 amide bonds. The Morgan fingerprint density at radius 3 is 2.48 bits per heavy atom. The lowest BCUT2D eigenvalue weighted by atomic mass is 9.87. The van der Waals surface area contributed by atoms with E-state index in [1.165, 1.54) is 0 Å². The van der Waals surface area contributed by atoms with Crippen molar-refractivity contribution in [1.82, 2.24) is 25.7 Å². The highest BCUT2D eigenvalue weighted by Crippen LogP contribution is 2.27. The first-order chi connectivity index (χ1) is 10.7. The molecule has 2 heterocycles. The third kappa shape index (κ3) is 4.10. The van der Waals surface area contributed by atoms with E-state index >= 15 is 0 Å². The second-order valence-electron chi connectivity index (χ2n) is 7.17. The van der Waals surface area contributed by atoms with Gasteiger partial charge in [0.1, 0.15) is 11.6 Å². The summed E-state index contributed by atoms with van der Waals surface area (Å²) >= 11 is 0. The number of amides is 2. The van der Waals surface area contributed by atoms with E-state index in [4.69, 9.17) is 0 Å². The molecule has 0 saturated carbocycles. The molecule has 0 spiro atoms. The van der Waals surface area contributed by atoms with Crippen LogP contribution in [0.5, 0.6) is 0 Å². The summed E-state index contributed by atoms with van der Waals surface area (Å²) in [5.41, 5.74) is -1.06. The van der Waals surface area contributed by atoms with Gasteiger partial charge in [-0.2, -0.15) is 5.10 Å². The maximum atomic E-state index is 12.9. The molecule has 1 aliphatic heterocycles. The summed E-state index contributed by atoms with van der Waals surface area (Å²) in [6.45, 7) is 8.94. The van der Waals surface area contributed by atoms with E-state index < -0.39 is 11.6 Å². The van der Waals surface area contributed by atoms with Gasteiger partial charge in [-0.15, -0.1) is 0 Å². The summed E-state index contributed by atoms with van der Waals surface area (Å²) < 4.78 is 1.72. The number of piperidine rings is 1. The molecule has 0 aliphatic carbocycles. The van der Waals surface area contributed by atoms with Crippen LogP contribution in [-0.4, -0.2) is 46.3 Å². The highest BCUT2D eigenvalue weighted by molar-refractivity contribution is 5.91. The predicted octanol–water partition coefficient (Wildman–Crippen LogP) is 0.381. The Hall–Kier alpha value is -1.89. The van der Waals surface area contributed by atoms with Crippen LogP contribution in [0.15, 0.2) is 18.5 Å². The Bertz CT molecular complexity index is 541. The van der Waals surface area contributed by atoms with Crippen LogP contribution in [0.25, 0.3) is 0 Å². The van der Waals surface area contributed by atoms with Crippen LogP contribution in [0, 0.1) is 0 Å². The summed E-state index contributed by atoms with van der Waals surface area (Å²) in [5.74, 6) is -0.338. The third-order valence-electron chi connectivity index (χ3n) is 4.04. The number of carbonyl (C=O) groups excluding carboxylic acids is 2. The molecular formula is C16H27N5O2. The molecule has 128 valence electrons. The third-order valence-corrected chi connectivity index (χ3v) is 4.04. The van der Waals surface area contributed by atoms with Crippen molar-refractivity contribution < 1.29 is 9.59 Å². The molecule has 7 heteroatoms. The number of carbonyl (C=O) groups is 2. The Labute approximate surface area is 137 Å². The summed E-state index contributed by atoms with van der Waals surface area (Å²) in [7, 11) is 0. The van der Waals surface area contributed by atoms with Crippen molar-refractivity contribution in [3.8, 4) is 0 Å². The second kappa shape index (κ2) is 6.70. The summed E-state index contributed by atoms with van der Waals surface area (Å²) in [4.78, 5) is 25.1. The van der Waals surface area contributed by atoms with Gasteiger partial charge in [0.15, 0.2) is 0 Å². The molecule has 23 heavy (non-hydrogen) atoms. The van der Waals surface area contributed by atoms with Crippen LogP contribution >= 0.6 is 0 Å². The molecule has 0 bridgehead atoms. The summed E-state index contributed by atoms with van der Waals surface area (Å²) in [5, 5.41) is 13.3. The lowest BCUT2D eigenvalue weighted by molar-refractivity contribution is -0.136. The lowest BCUT2D eigenvalue weighted by Crippen LogP contribution is -2.59. The minimum absolute atomic E-state index is 0.153. The Morgan fingerprint density at radius 2 is 1.96 bits per heavy atom. The summed E-state index contributed by atoms with van der Waals surface area (Å²) in [6.07, 6.45) is 4.78. The minimum Gasteiger partial charge on any atom is -0.350 e. The molecule has 1 aromatic heterocycles. The molecule has 1 unspecified atom stereocenters. The van der Waals surface area contributed by atoms with Crippen molar-refractivity contribution in [3.63, 3.8) is 0 Å². The average Bonchev–Trinajstić information content (AvgIpc) is 3.00. The standard InChI is InChI=1S/C16H27N5O2/c1-12(13(22)20-15(2,3)4)19-14(23)16(6-9-17-10-7-16)21-11-5-8-18-21/h5,8,11-12,17H,6-7,9-10H2,1-4H3,(H,19,23)(H,20,22). The van der Waals surface area contributed by atoms with Crippen LogP contribution in [0.1, 0.15) is 40.5 Å². The average molecular weight is 321 g/mol. The SMILES string of the molecule is CC(NC(=O)C1(n2cccn2)CCNCC1)C(=O)NC(C)(C)C. The topological polar surface area (TPSA) is 88.1 Å². The van der Waals surface area contributed by atoms with Gasteiger partial charge in [-0.1, -0.05) is 0 Å². The van der Waals surface area contributed by atoms with E-state index in [0.29, 0.717) is 12.8 Å². The van der Waals surface area contributed by atoms with Gasteiger partial charge in [-0.3, -0.25) is 14.3 Å². The van der Waals surface area contributed by atoms with Crippen LogP contribution in [0.2, 0.25) is 0 Å². The highest BCUT2D eigenvalue weighted by atomic mass is 16.2. The molecule has 3 N–H and O–H groups in total. The zero-order chi connectivity index (χ0) is 17.1. The van der Waals surface area contributed by atoms with Crippen LogP contribution in [-0.2, 0) is 15.1 Å². The van der Waals surface area contributed by atoms with Gasteiger partial charge in [-0.25, -0.2) is 0 Å². The molecule has 2 rings (SSSR count). The van der Waals surface area contributed by atoms with E-state index in [-0.39, 0.29) is 17.4 Å². The monoisotopic (exact) mass is 321 g/mol. The van der Waals surface area contributed by atoms with Crippen LogP contribution in [0.3, 0.4) is 0 Å². The maximum Gasteiger partial charge on any atom is 0.248 e. The fourth-order valence-corrected chi connectivity index (χ4v) is 2.80. The van der Waals surface area contributed by atoms with Gasteiger partial charge in [0, 0.05) is 17.9 Å².